The normalized spacial score (nSPS) is 22.0. The van der Waals surface area contributed by atoms with Crippen molar-refractivity contribution in [3.05, 3.63) is 71.3 Å². The number of amides is 2. The van der Waals surface area contributed by atoms with Gasteiger partial charge < -0.3 is 15.4 Å². The van der Waals surface area contributed by atoms with Crippen LogP contribution >= 0.6 is 0 Å². The first-order chi connectivity index (χ1) is 19.4. The molecular weight excluding hydrogens is 568 g/mol. The Hall–Kier alpha value is -3.94. The summed E-state index contributed by atoms with van der Waals surface area (Å²) < 4.78 is 82.7. The molecule has 2 aliphatic rings. The zero-order chi connectivity index (χ0) is 29.5. The lowest BCUT2D eigenvalue weighted by Gasteiger charge is -2.31. The lowest BCUT2D eigenvalue weighted by molar-refractivity contribution is -0.122. The van der Waals surface area contributed by atoms with Crippen molar-refractivity contribution in [3.8, 4) is 5.75 Å². The minimum Gasteiger partial charge on any atom is -0.496 e. The second-order valence-electron chi connectivity index (χ2n) is 10.3. The minimum atomic E-state index is -5.60. The molecule has 0 radical (unpaired) electrons. The standard InChI is InChI=1S/C27H26F4N4O5S/c1-40-22-11-21(28)17(7-14-12-32-33-13-14)9-20(22)25(36)35-24-16-6-5-15(8-16)23(24)26(37)34-18-3-2-4-19(10-18)41(38,39)27(29,30)31/h2-4,9-13,15-16,23-24H,5-8H2,1H3,(H,32,33)(H,34,37)(H,35,36). The van der Waals surface area contributed by atoms with E-state index in [1.807, 2.05) is 0 Å². The van der Waals surface area contributed by atoms with Crippen LogP contribution in [0.25, 0.3) is 0 Å². The number of carbonyl (C=O) groups is 2. The Labute approximate surface area is 232 Å². The summed E-state index contributed by atoms with van der Waals surface area (Å²) in [4.78, 5) is 25.8. The van der Waals surface area contributed by atoms with Crippen molar-refractivity contribution < 1.29 is 40.3 Å². The molecule has 2 saturated carbocycles. The topological polar surface area (TPSA) is 130 Å². The van der Waals surface area contributed by atoms with Crippen molar-refractivity contribution in [3.63, 3.8) is 0 Å². The highest BCUT2D eigenvalue weighted by atomic mass is 32.2. The van der Waals surface area contributed by atoms with Crippen molar-refractivity contribution in [2.75, 3.05) is 12.4 Å². The van der Waals surface area contributed by atoms with Crippen molar-refractivity contribution in [2.24, 2.45) is 17.8 Å². The van der Waals surface area contributed by atoms with Gasteiger partial charge in [-0.05, 0) is 66.5 Å². The molecule has 1 aromatic heterocycles. The van der Waals surface area contributed by atoms with Gasteiger partial charge in [-0.15, -0.1) is 0 Å². The van der Waals surface area contributed by atoms with Crippen molar-refractivity contribution in [2.45, 2.75) is 42.1 Å². The number of halogens is 4. The molecular formula is C27H26F4N4O5S. The summed E-state index contributed by atoms with van der Waals surface area (Å²) >= 11 is 0. The summed E-state index contributed by atoms with van der Waals surface area (Å²) in [6.45, 7) is 0. The van der Waals surface area contributed by atoms with Gasteiger partial charge in [0.2, 0.25) is 5.91 Å². The number of nitrogens with one attached hydrogen (secondary N) is 3. The Bertz CT molecular complexity index is 1580. The zero-order valence-corrected chi connectivity index (χ0v) is 22.5. The maximum atomic E-state index is 14.7. The number of ether oxygens (including phenoxy) is 1. The number of alkyl halides is 3. The molecule has 3 aromatic rings. The lowest BCUT2D eigenvalue weighted by Crippen LogP contribution is -2.48. The number of hydrogen-bond acceptors (Lipinski definition) is 6. The largest absolute Gasteiger partial charge is 0.501 e. The van der Waals surface area contributed by atoms with Crippen LogP contribution in [0.2, 0.25) is 0 Å². The first kappa shape index (κ1) is 28.6. The number of carbonyl (C=O) groups excluding carboxylic acids is 2. The van der Waals surface area contributed by atoms with Gasteiger partial charge in [-0.1, -0.05) is 6.07 Å². The van der Waals surface area contributed by atoms with Crippen molar-refractivity contribution >= 4 is 27.3 Å². The number of aromatic nitrogens is 2. The first-order valence-corrected chi connectivity index (χ1v) is 14.2. The van der Waals surface area contributed by atoms with E-state index in [0.717, 1.165) is 37.1 Å². The summed E-state index contributed by atoms with van der Waals surface area (Å²) in [6, 6.07) is 5.87. The van der Waals surface area contributed by atoms with Crippen LogP contribution in [0.3, 0.4) is 0 Å². The molecule has 4 atom stereocenters. The van der Waals surface area contributed by atoms with Crippen LogP contribution in [0.4, 0.5) is 23.2 Å². The fraction of sp³-hybridized carbons (Fsp3) is 0.370. The molecule has 1 heterocycles. The van der Waals surface area contributed by atoms with Crippen LogP contribution in [0.15, 0.2) is 53.7 Å². The highest BCUT2D eigenvalue weighted by Gasteiger charge is 2.52. The highest BCUT2D eigenvalue weighted by Crippen LogP contribution is 2.49. The third kappa shape index (κ3) is 5.52. The van der Waals surface area contributed by atoms with Crippen LogP contribution in [0.5, 0.6) is 5.75 Å². The molecule has 4 unspecified atom stereocenters. The highest BCUT2D eigenvalue weighted by molar-refractivity contribution is 7.92. The molecule has 9 nitrogen and oxygen atoms in total. The molecule has 0 spiro atoms. The van der Waals surface area contributed by atoms with Crippen LogP contribution < -0.4 is 15.4 Å². The Morgan fingerprint density at radius 3 is 2.59 bits per heavy atom. The quantitative estimate of drug-likeness (QED) is 0.335. The number of aromatic amines is 1. The number of anilines is 1. The smallest absolute Gasteiger partial charge is 0.496 e. The van der Waals surface area contributed by atoms with Gasteiger partial charge in [0, 0.05) is 30.4 Å². The van der Waals surface area contributed by atoms with Gasteiger partial charge in [-0.2, -0.15) is 18.3 Å². The van der Waals surface area contributed by atoms with Gasteiger partial charge >= 0.3 is 5.51 Å². The third-order valence-corrected chi connectivity index (χ3v) is 9.28. The molecule has 41 heavy (non-hydrogen) atoms. The molecule has 0 aliphatic heterocycles. The van der Waals surface area contributed by atoms with Crippen molar-refractivity contribution in [1.29, 1.82) is 0 Å². The summed E-state index contributed by atoms with van der Waals surface area (Å²) in [6.07, 6.45) is 5.48. The first-order valence-electron chi connectivity index (χ1n) is 12.8. The van der Waals surface area contributed by atoms with Gasteiger partial charge in [0.25, 0.3) is 15.7 Å². The predicted molar refractivity (Wildman–Crippen MR) is 138 cm³/mol. The van der Waals surface area contributed by atoms with Crippen LogP contribution in [-0.2, 0) is 21.1 Å². The fourth-order valence-electron chi connectivity index (χ4n) is 5.88. The maximum Gasteiger partial charge on any atom is 0.501 e. The van der Waals surface area contributed by atoms with E-state index in [1.165, 1.54) is 25.4 Å². The molecule has 2 amide bonds. The van der Waals surface area contributed by atoms with Crippen LogP contribution in [0.1, 0.15) is 40.7 Å². The van der Waals surface area contributed by atoms with E-state index in [-0.39, 0.29) is 40.8 Å². The SMILES string of the molecule is COc1cc(F)c(Cc2cn[nH]c2)cc1C(=O)NC1C2CCC(C2)C1C(=O)Nc1cccc(S(=O)(=O)C(F)(F)F)c1. The Kier molecular flexibility index (Phi) is 7.53. The second-order valence-corrected chi connectivity index (χ2v) is 12.2. The summed E-state index contributed by atoms with van der Waals surface area (Å²) in [7, 11) is -4.29. The van der Waals surface area contributed by atoms with E-state index >= 15 is 0 Å². The van der Waals surface area contributed by atoms with E-state index in [4.69, 9.17) is 4.74 Å². The van der Waals surface area contributed by atoms with Gasteiger partial charge in [0.1, 0.15) is 11.6 Å². The number of fused-ring (bicyclic) bond motifs is 2. The molecule has 0 saturated heterocycles. The monoisotopic (exact) mass is 594 g/mol. The molecule has 218 valence electrons. The molecule has 2 aliphatic carbocycles. The number of methoxy groups -OCH3 is 1. The second kappa shape index (κ2) is 10.8. The zero-order valence-electron chi connectivity index (χ0n) is 21.7. The molecule has 2 aromatic carbocycles. The van der Waals surface area contributed by atoms with E-state index < -0.39 is 49.8 Å². The Morgan fingerprint density at radius 2 is 1.90 bits per heavy atom. The van der Waals surface area contributed by atoms with Crippen LogP contribution in [-0.4, -0.2) is 49.1 Å². The number of hydrogen-bond donors (Lipinski definition) is 3. The summed E-state index contributed by atoms with van der Waals surface area (Å²) in [5, 5.41) is 11.9. The summed E-state index contributed by atoms with van der Waals surface area (Å²) in [5.74, 6) is -2.47. The average Bonchev–Trinajstić information content (AvgIpc) is 3.67. The molecule has 2 bridgehead atoms. The van der Waals surface area contributed by atoms with E-state index in [1.54, 1.807) is 6.20 Å². The molecule has 5 rings (SSSR count). The number of sulfone groups is 1. The number of nitrogens with zero attached hydrogens (tertiary/aromatic N) is 1. The van der Waals surface area contributed by atoms with Crippen molar-refractivity contribution in [1.82, 2.24) is 15.5 Å². The summed E-state index contributed by atoms with van der Waals surface area (Å²) in [5.41, 5.74) is -4.57. The van der Waals surface area contributed by atoms with E-state index in [2.05, 4.69) is 20.8 Å². The Morgan fingerprint density at radius 1 is 1.15 bits per heavy atom. The van der Waals surface area contributed by atoms with Gasteiger partial charge in [0.05, 0.1) is 29.7 Å². The van der Waals surface area contributed by atoms with E-state index in [0.29, 0.717) is 12.0 Å². The predicted octanol–water partition coefficient (Wildman–Crippen LogP) is 4.22. The van der Waals surface area contributed by atoms with Gasteiger partial charge in [-0.3, -0.25) is 14.7 Å². The number of rotatable bonds is 8. The van der Waals surface area contributed by atoms with Crippen LogP contribution in [0, 0.1) is 23.6 Å². The average molecular weight is 595 g/mol. The number of H-pyrrole nitrogens is 1. The minimum absolute atomic E-state index is 0.0165. The molecule has 2 fully saturated rings. The van der Waals surface area contributed by atoms with Gasteiger partial charge in [-0.25, -0.2) is 12.8 Å². The van der Waals surface area contributed by atoms with Gasteiger partial charge in [0.15, 0.2) is 0 Å². The molecule has 14 heteroatoms. The third-order valence-electron chi connectivity index (χ3n) is 7.80. The lowest BCUT2D eigenvalue weighted by atomic mass is 9.83. The van der Waals surface area contributed by atoms with E-state index in [9.17, 15) is 35.6 Å². The maximum absolute atomic E-state index is 14.7. The fourth-order valence-corrected chi connectivity index (χ4v) is 6.69. The Balaban J connectivity index is 1.36. The number of benzene rings is 2. The molecule has 3 N–H and O–H groups in total.